The topological polar surface area (TPSA) is 66.4 Å². The molecule has 1 heterocycles. The van der Waals surface area contributed by atoms with E-state index < -0.39 is 11.9 Å². The minimum atomic E-state index is -1.11. The van der Waals surface area contributed by atoms with Gasteiger partial charge in [0.1, 0.15) is 4.88 Å². The Kier molecular flexibility index (Phi) is 4.47. The van der Waals surface area contributed by atoms with Crippen LogP contribution in [-0.2, 0) is 0 Å². The van der Waals surface area contributed by atoms with Crippen LogP contribution >= 0.6 is 38.9 Å². The number of carboxylic acids is 1. The highest BCUT2D eigenvalue weighted by atomic mass is 79.9. The van der Waals surface area contributed by atoms with Crippen molar-refractivity contribution in [3.63, 3.8) is 0 Å². The first-order valence-corrected chi connectivity index (χ1v) is 7.53. The zero-order valence-corrected chi connectivity index (χ0v) is 13.4. The van der Waals surface area contributed by atoms with Gasteiger partial charge in [-0.3, -0.25) is 4.79 Å². The normalized spacial score (nSPS) is 10.3. The summed E-state index contributed by atoms with van der Waals surface area (Å²) >= 11 is 10.5. The highest BCUT2D eigenvalue weighted by molar-refractivity contribution is 9.10. The zero-order valence-electron chi connectivity index (χ0n) is 10.2. The summed E-state index contributed by atoms with van der Waals surface area (Å²) in [6.45, 7) is 1.80. The average Bonchev–Trinajstić information content (AvgIpc) is 2.69. The first kappa shape index (κ1) is 15.0. The second-order valence-corrected chi connectivity index (χ2v) is 6.18. The fraction of sp³-hybridized carbons (Fsp3) is 0.0769. The minimum Gasteiger partial charge on any atom is -0.478 e. The van der Waals surface area contributed by atoms with Gasteiger partial charge in [-0.15, -0.1) is 11.3 Å². The van der Waals surface area contributed by atoms with E-state index in [1.165, 1.54) is 23.5 Å². The van der Waals surface area contributed by atoms with E-state index in [0.717, 1.165) is 5.56 Å². The summed E-state index contributed by atoms with van der Waals surface area (Å²) in [6, 6.07) is 4.56. The number of nitrogens with one attached hydrogen (secondary N) is 1. The number of benzene rings is 1. The molecule has 1 aromatic heterocycles. The summed E-state index contributed by atoms with van der Waals surface area (Å²) in [7, 11) is 0. The summed E-state index contributed by atoms with van der Waals surface area (Å²) in [6.07, 6.45) is 0. The molecule has 0 aliphatic rings. The van der Waals surface area contributed by atoms with Gasteiger partial charge in [-0.05, 0) is 36.1 Å². The Morgan fingerprint density at radius 3 is 2.65 bits per heavy atom. The molecular formula is C13H9BrClNO3S. The Hall–Kier alpha value is -1.37. The maximum Gasteiger partial charge on any atom is 0.337 e. The van der Waals surface area contributed by atoms with E-state index in [4.69, 9.17) is 16.7 Å². The molecule has 104 valence electrons. The molecule has 0 aliphatic carbocycles. The lowest BCUT2D eigenvalue weighted by Gasteiger charge is -2.08. The molecule has 4 nitrogen and oxygen atoms in total. The zero-order chi connectivity index (χ0) is 14.9. The number of hydrogen-bond acceptors (Lipinski definition) is 3. The van der Waals surface area contributed by atoms with Crippen LogP contribution in [0.2, 0.25) is 5.02 Å². The van der Waals surface area contributed by atoms with Gasteiger partial charge in [0.05, 0.1) is 16.3 Å². The van der Waals surface area contributed by atoms with Gasteiger partial charge in [0.2, 0.25) is 0 Å². The van der Waals surface area contributed by atoms with Crippen LogP contribution in [-0.4, -0.2) is 17.0 Å². The van der Waals surface area contributed by atoms with Gasteiger partial charge in [0, 0.05) is 4.47 Å². The molecule has 0 unspecified atom stereocenters. The average molecular weight is 375 g/mol. The van der Waals surface area contributed by atoms with Crippen molar-refractivity contribution in [3.8, 4) is 0 Å². The molecule has 2 N–H and O–H groups in total. The third-order valence-corrected chi connectivity index (χ3v) is 4.75. The van der Waals surface area contributed by atoms with E-state index in [-0.39, 0.29) is 11.3 Å². The quantitative estimate of drug-likeness (QED) is 0.835. The van der Waals surface area contributed by atoms with Crippen molar-refractivity contribution >= 4 is 56.4 Å². The van der Waals surface area contributed by atoms with E-state index in [2.05, 4.69) is 21.2 Å². The summed E-state index contributed by atoms with van der Waals surface area (Å²) in [4.78, 5) is 23.6. The smallest absolute Gasteiger partial charge is 0.337 e. The Morgan fingerprint density at radius 1 is 1.40 bits per heavy atom. The van der Waals surface area contributed by atoms with Crippen LogP contribution in [0.4, 0.5) is 5.69 Å². The monoisotopic (exact) mass is 373 g/mol. The standard InChI is InChI=1S/C13H9BrClNO3S/c1-6-5-20-11(10(6)15)12(17)16-9-4-7(14)2-3-8(9)13(18)19/h2-5H,1H3,(H,16,17)(H,18,19). The predicted octanol–water partition coefficient (Wildman–Crippen LogP) is 4.42. The molecule has 2 aromatic rings. The number of aromatic carboxylic acids is 1. The van der Waals surface area contributed by atoms with Crippen molar-refractivity contribution in [2.24, 2.45) is 0 Å². The van der Waals surface area contributed by atoms with Crippen molar-refractivity contribution in [2.75, 3.05) is 5.32 Å². The fourth-order valence-electron chi connectivity index (χ4n) is 1.57. The Balaban J connectivity index is 2.35. The van der Waals surface area contributed by atoms with Crippen LogP contribution in [0, 0.1) is 6.92 Å². The maximum atomic E-state index is 12.1. The number of hydrogen-bond donors (Lipinski definition) is 2. The van der Waals surface area contributed by atoms with E-state index in [1.54, 1.807) is 18.4 Å². The number of halogens is 2. The van der Waals surface area contributed by atoms with Crippen molar-refractivity contribution in [1.82, 2.24) is 0 Å². The fourth-order valence-corrected chi connectivity index (χ4v) is 3.10. The molecule has 7 heteroatoms. The Bertz CT molecular complexity index is 699. The largest absolute Gasteiger partial charge is 0.478 e. The lowest BCUT2D eigenvalue weighted by atomic mass is 10.2. The molecule has 1 aromatic carbocycles. The number of amides is 1. The van der Waals surface area contributed by atoms with Crippen LogP contribution in [0.5, 0.6) is 0 Å². The lowest BCUT2D eigenvalue weighted by molar-refractivity contribution is 0.0698. The van der Waals surface area contributed by atoms with Gasteiger partial charge < -0.3 is 10.4 Å². The molecule has 0 bridgehead atoms. The van der Waals surface area contributed by atoms with Gasteiger partial charge in [-0.25, -0.2) is 4.79 Å². The molecule has 20 heavy (non-hydrogen) atoms. The third kappa shape index (κ3) is 3.03. The molecule has 0 radical (unpaired) electrons. The van der Waals surface area contributed by atoms with Crippen molar-refractivity contribution < 1.29 is 14.7 Å². The number of carboxylic acid groups (broad SMARTS) is 1. The Labute approximate surface area is 132 Å². The molecule has 0 atom stereocenters. The van der Waals surface area contributed by atoms with E-state index in [9.17, 15) is 9.59 Å². The first-order valence-electron chi connectivity index (χ1n) is 5.48. The highest BCUT2D eigenvalue weighted by Crippen LogP contribution is 2.29. The highest BCUT2D eigenvalue weighted by Gasteiger charge is 2.18. The van der Waals surface area contributed by atoms with Crippen LogP contribution in [0.1, 0.15) is 25.6 Å². The number of carbonyl (C=O) groups excluding carboxylic acids is 1. The van der Waals surface area contributed by atoms with Crippen molar-refractivity contribution in [2.45, 2.75) is 6.92 Å². The minimum absolute atomic E-state index is 0.0194. The van der Waals surface area contributed by atoms with Gasteiger partial charge in [0.15, 0.2) is 0 Å². The van der Waals surface area contributed by atoms with Crippen molar-refractivity contribution in [1.29, 1.82) is 0 Å². The maximum absolute atomic E-state index is 12.1. The Morgan fingerprint density at radius 2 is 2.10 bits per heavy atom. The van der Waals surface area contributed by atoms with Crippen LogP contribution < -0.4 is 5.32 Å². The molecule has 0 fully saturated rings. The molecule has 0 aliphatic heterocycles. The van der Waals surface area contributed by atoms with Gasteiger partial charge in [-0.2, -0.15) is 0 Å². The predicted molar refractivity (Wildman–Crippen MR) is 83.1 cm³/mol. The summed E-state index contributed by atoms with van der Waals surface area (Å²) in [5.74, 6) is -1.53. The van der Waals surface area contributed by atoms with E-state index >= 15 is 0 Å². The van der Waals surface area contributed by atoms with Gasteiger partial charge >= 0.3 is 5.97 Å². The number of anilines is 1. The summed E-state index contributed by atoms with van der Waals surface area (Å²) in [5.41, 5.74) is 1.06. The molecular weight excluding hydrogens is 366 g/mol. The second kappa shape index (κ2) is 5.95. The molecule has 1 amide bonds. The number of carbonyl (C=O) groups is 2. The SMILES string of the molecule is Cc1csc(C(=O)Nc2cc(Br)ccc2C(=O)O)c1Cl. The number of aryl methyl sites for hydroxylation is 1. The molecule has 0 saturated heterocycles. The first-order chi connectivity index (χ1) is 9.40. The van der Waals surface area contributed by atoms with E-state index in [1.807, 2.05) is 0 Å². The van der Waals surface area contributed by atoms with Gasteiger partial charge in [-0.1, -0.05) is 27.5 Å². The lowest BCUT2D eigenvalue weighted by Crippen LogP contribution is -2.14. The molecule has 0 saturated carbocycles. The number of thiophene rings is 1. The van der Waals surface area contributed by atoms with Gasteiger partial charge in [0.25, 0.3) is 5.91 Å². The van der Waals surface area contributed by atoms with Crippen LogP contribution in [0.15, 0.2) is 28.1 Å². The van der Waals surface area contributed by atoms with E-state index in [0.29, 0.717) is 14.4 Å². The summed E-state index contributed by atoms with van der Waals surface area (Å²) < 4.78 is 0.672. The third-order valence-electron chi connectivity index (χ3n) is 2.57. The molecule has 2 rings (SSSR count). The number of rotatable bonds is 3. The second-order valence-electron chi connectivity index (χ2n) is 4.01. The van der Waals surface area contributed by atoms with Crippen LogP contribution in [0.3, 0.4) is 0 Å². The molecule has 0 spiro atoms. The van der Waals surface area contributed by atoms with Crippen molar-refractivity contribution in [3.05, 3.63) is 49.1 Å². The van der Waals surface area contributed by atoms with Crippen LogP contribution in [0.25, 0.3) is 0 Å². The summed E-state index contributed by atoms with van der Waals surface area (Å²) in [5, 5.41) is 13.9.